The van der Waals surface area contributed by atoms with E-state index >= 15 is 4.39 Å². The van der Waals surface area contributed by atoms with Crippen LogP contribution in [0.15, 0.2) is 60.8 Å². The molecule has 3 aromatic carbocycles. The first kappa shape index (κ1) is 40.4. The highest BCUT2D eigenvalue weighted by molar-refractivity contribution is 6.23. The van der Waals surface area contributed by atoms with Crippen LogP contribution in [0.25, 0.3) is 32.9 Å². The lowest BCUT2D eigenvalue weighted by atomic mass is 9.97. The lowest BCUT2D eigenvalue weighted by molar-refractivity contribution is -0.136. The maximum absolute atomic E-state index is 16.9. The SMILES string of the molecule is C#Cc1cccc2cccc(-c3ncc4c(N5CC6CCC(C5)N6)nc(OCCN5CCN(Cc6ccc7c(c6)C(=O)N(C6CCC(=O)NC6=O)C7=O)CC5)nc4c3F)c12.Cl. The Kier molecular flexibility index (Phi) is 10.9. The smallest absolute Gasteiger partial charge is 0.319 e. The van der Waals surface area contributed by atoms with E-state index in [9.17, 15) is 19.2 Å². The van der Waals surface area contributed by atoms with E-state index in [1.54, 1.807) is 18.3 Å². The number of nitrogens with one attached hydrogen (secondary N) is 2. The maximum Gasteiger partial charge on any atom is 0.319 e. The molecule has 10 rings (SSSR count). The van der Waals surface area contributed by atoms with E-state index in [-0.39, 0.29) is 53.6 Å². The van der Waals surface area contributed by atoms with Gasteiger partial charge in [-0.3, -0.25) is 44.2 Å². The number of piperazine rings is 2. The van der Waals surface area contributed by atoms with Crippen molar-refractivity contribution in [3.05, 3.63) is 88.9 Å². The molecule has 3 unspecified atom stereocenters. The number of terminal acetylenes is 1. The van der Waals surface area contributed by atoms with Gasteiger partial charge in [-0.15, -0.1) is 18.8 Å². The van der Waals surface area contributed by atoms with Crippen molar-refractivity contribution in [3.8, 4) is 29.6 Å². The predicted molar refractivity (Wildman–Crippen MR) is 228 cm³/mol. The summed E-state index contributed by atoms with van der Waals surface area (Å²) in [6, 6.07) is 16.4. The number of benzene rings is 3. The molecule has 0 spiro atoms. The number of rotatable bonds is 9. The predicted octanol–water partition coefficient (Wildman–Crippen LogP) is 3.93. The third-order valence-electron chi connectivity index (χ3n) is 12.5. The van der Waals surface area contributed by atoms with Crippen molar-refractivity contribution in [1.29, 1.82) is 0 Å². The molecule has 4 saturated heterocycles. The number of pyridine rings is 1. The molecular formula is C45H43ClFN9O5. The Bertz CT molecular complexity index is 2650. The van der Waals surface area contributed by atoms with E-state index in [4.69, 9.17) is 16.1 Å². The molecule has 5 aromatic rings. The molecule has 312 valence electrons. The van der Waals surface area contributed by atoms with Crippen LogP contribution in [0.4, 0.5) is 10.2 Å². The third-order valence-corrected chi connectivity index (χ3v) is 12.5. The molecule has 0 radical (unpaired) electrons. The van der Waals surface area contributed by atoms with Gasteiger partial charge < -0.3 is 15.0 Å². The number of hydrogen-bond donors (Lipinski definition) is 2. The molecular weight excluding hydrogens is 801 g/mol. The van der Waals surface area contributed by atoms with Gasteiger partial charge in [0.2, 0.25) is 11.8 Å². The van der Waals surface area contributed by atoms with Crippen LogP contribution in [-0.4, -0.2) is 124 Å². The minimum atomic E-state index is -0.997. The number of aromatic nitrogens is 3. The van der Waals surface area contributed by atoms with Gasteiger partial charge in [0.05, 0.1) is 16.5 Å². The summed E-state index contributed by atoms with van der Waals surface area (Å²) in [4.78, 5) is 72.6. The van der Waals surface area contributed by atoms with Crippen LogP contribution in [0, 0.1) is 18.2 Å². The second kappa shape index (κ2) is 16.4. The third kappa shape index (κ3) is 7.43. The summed E-state index contributed by atoms with van der Waals surface area (Å²) in [5.41, 5.74) is 3.01. The summed E-state index contributed by atoms with van der Waals surface area (Å²) >= 11 is 0. The van der Waals surface area contributed by atoms with Crippen LogP contribution in [-0.2, 0) is 16.1 Å². The van der Waals surface area contributed by atoms with Crippen molar-refractivity contribution >= 4 is 63.5 Å². The number of imide groups is 2. The maximum atomic E-state index is 16.9. The Morgan fingerprint density at radius 1 is 0.869 bits per heavy atom. The number of piperidine rings is 1. The zero-order chi connectivity index (χ0) is 41.1. The Morgan fingerprint density at radius 3 is 2.36 bits per heavy atom. The van der Waals surface area contributed by atoms with Gasteiger partial charge in [0.15, 0.2) is 5.82 Å². The molecule has 2 bridgehead atoms. The van der Waals surface area contributed by atoms with Crippen LogP contribution in [0.2, 0.25) is 0 Å². The van der Waals surface area contributed by atoms with Gasteiger partial charge >= 0.3 is 6.01 Å². The standard InChI is InChI=1S/C45H42FN9O5.ClH/c1-2-27-5-3-6-28-7-4-8-32(37(27)28)39-38(46)40-34(22-47-39)41(54-24-29-10-11-30(25-54)48-29)51-45(50-40)60-20-19-52-15-17-53(18-16-52)23-26-9-12-31-33(21-26)44(59)55(43(31)58)35-13-14-36(56)49-42(35)57;/h1,3-9,12,21-22,29-30,35,48H,10-11,13-20,23-25H2,(H,49,56,57);1H. The summed E-state index contributed by atoms with van der Waals surface area (Å²) in [5, 5.41) is 8.08. The highest BCUT2D eigenvalue weighted by atomic mass is 35.5. The fourth-order valence-electron chi connectivity index (χ4n) is 9.46. The summed E-state index contributed by atoms with van der Waals surface area (Å²) in [6.07, 6.45) is 9.90. The van der Waals surface area contributed by atoms with E-state index in [0.717, 1.165) is 73.3 Å². The molecule has 4 amide bonds. The zero-order valence-electron chi connectivity index (χ0n) is 33.2. The molecule has 5 aliphatic heterocycles. The summed E-state index contributed by atoms with van der Waals surface area (Å²) in [6.45, 7) is 6.07. The van der Waals surface area contributed by atoms with Gasteiger partial charge in [0.25, 0.3) is 11.8 Å². The molecule has 2 N–H and O–H groups in total. The Hall–Kier alpha value is -6.05. The van der Waals surface area contributed by atoms with Crippen LogP contribution < -0.4 is 20.3 Å². The van der Waals surface area contributed by atoms with E-state index < -0.39 is 35.5 Å². The zero-order valence-corrected chi connectivity index (χ0v) is 34.0. The number of nitrogens with zero attached hydrogens (tertiary/aromatic N) is 7. The van der Waals surface area contributed by atoms with Gasteiger partial charge in [-0.2, -0.15) is 9.97 Å². The van der Waals surface area contributed by atoms with E-state index in [2.05, 4.69) is 41.2 Å². The van der Waals surface area contributed by atoms with Crippen LogP contribution in [0.1, 0.15) is 57.5 Å². The Labute approximate surface area is 357 Å². The monoisotopic (exact) mass is 843 g/mol. The van der Waals surface area contributed by atoms with E-state index in [1.165, 1.54) is 0 Å². The highest BCUT2D eigenvalue weighted by Gasteiger charge is 2.44. The van der Waals surface area contributed by atoms with Gasteiger partial charge in [0.1, 0.15) is 29.7 Å². The summed E-state index contributed by atoms with van der Waals surface area (Å²) in [5.74, 6) is 0.743. The van der Waals surface area contributed by atoms with E-state index in [0.29, 0.717) is 54.1 Å². The first-order chi connectivity index (χ1) is 29.2. The number of ether oxygens (including phenoxy) is 1. The van der Waals surface area contributed by atoms with Gasteiger partial charge in [-0.1, -0.05) is 42.3 Å². The van der Waals surface area contributed by atoms with Crippen molar-refractivity contribution in [2.24, 2.45) is 0 Å². The Morgan fingerprint density at radius 2 is 1.61 bits per heavy atom. The topological polar surface area (TPSA) is 153 Å². The number of fused-ring (bicyclic) bond motifs is 5. The minimum Gasteiger partial charge on any atom is -0.462 e. The first-order valence-corrected chi connectivity index (χ1v) is 20.5. The fraction of sp³-hybridized carbons (Fsp3) is 0.356. The molecule has 0 saturated carbocycles. The van der Waals surface area contributed by atoms with E-state index in [1.807, 2.05) is 42.5 Å². The Balaban J connectivity index is 0.00000476. The number of hydrogen-bond acceptors (Lipinski definition) is 12. The minimum absolute atomic E-state index is 0. The molecule has 3 atom stereocenters. The first-order valence-electron chi connectivity index (χ1n) is 20.5. The second-order valence-corrected chi connectivity index (χ2v) is 16.2. The normalized spacial score (nSPS) is 21.7. The average molecular weight is 844 g/mol. The molecule has 5 aliphatic rings. The highest BCUT2D eigenvalue weighted by Crippen LogP contribution is 2.37. The van der Waals surface area contributed by atoms with Gasteiger partial charge in [-0.05, 0) is 48.4 Å². The second-order valence-electron chi connectivity index (χ2n) is 16.2. The summed E-state index contributed by atoms with van der Waals surface area (Å²) in [7, 11) is 0. The number of amides is 4. The van der Waals surface area contributed by atoms with Crippen molar-refractivity contribution in [2.75, 3.05) is 57.3 Å². The number of anilines is 1. The molecule has 7 heterocycles. The molecule has 4 fully saturated rings. The van der Waals surface area contributed by atoms with Gasteiger partial charge in [0, 0.05) is 93.6 Å². The fourth-order valence-corrected chi connectivity index (χ4v) is 9.46. The summed E-state index contributed by atoms with van der Waals surface area (Å²) < 4.78 is 23.1. The van der Waals surface area contributed by atoms with Gasteiger partial charge in [-0.25, -0.2) is 4.39 Å². The molecule has 0 aliphatic carbocycles. The molecule has 2 aromatic heterocycles. The number of carbonyl (C=O) groups excluding carboxylic acids is 4. The van der Waals surface area contributed by atoms with Crippen LogP contribution in [0.5, 0.6) is 6.01 Å². The quantitative estimate of drug-likeness (QED) is 0.164. The van der Waals surface area contributed by atoms with Crippen molar-refractivity contribution < 1.29 is 28.3 Å². The molecule has 14 nitrogen and oxygen atoms in total. The number of carbonyl (C=O) groups is 4. The lowest BCUT2D eigenvalue weighted by Gasteiger charge is -2.35. The van der Waals surface area contributed by atoms with Crippen LogP contribution >= 0.6 is 12.4 Å². The average Bonchev–Trinajstić information content (AvgIpc) is 3.72. The number of halogens is 2. The lowest BCUT2D eigenvalue weighted by Crippen LogP contribution is -2.54. The largest absolute Gasteiger partial charge is 0.462 e. The van der Waals surface area contributed by atoms with Crippen LogP contribution in [0.3, 0.4) is 0 Å². The van der Waals surface area contributed by atoms with Crippen molar-refractivity contribution in [2.45, 2.75) is 50.4 Å². The molecule has 16 heteroatoms. The van der Waals surface area contributed by atoms with Crippen molar-refractivity contribution in [3.63, 3.8) is 0 Å². The van der Waals surface area contributed by atoms with Crippen molar-refractivity contribution in [1.82, 2.24) is 40.3 Å². The molecule has 61 heavy (non-hydrogen) atoms.